The molecule has 1 heterocycles. The van der Waals surface area contributed by atoms with Crippen LogP contribution in [0.15, 0.2) is 42.4 Å². The van der Waals surface area contributed by atoms with Crippen molar-refractivity contribution < 1.29 is 13.2 Å². The highest BCUT2D eigenvalue weighted by Gasteiger charge is 2.26. The summed E-state index contributed by atoms with van der Waals surface area (Å²) < 4.78 is 42.6. The zero-order chi connectivity index (χ0) is 22.1. The molecule has 5 nitrogen and oxygen atoms in total. The summed E-state index contributed by atoms with van der Waals surface area (Å²) >= 11 is 0. The Balaban J connectivity index is 1.74. The predicted octanol–water partition coefficient (Wildman–Crippen LogP) is 4.42. The van der Waals surface area contributed by atoms with E-state index in [-0.39, 0.29) is 46.9 Å². The molecule has 0 radical (unpaired) electrons. The van der Waals surface area contributed by atoms with Crippen LogP contribution >= 0.6 is 0 Å². The third-order valence-corrected chi connectivity index (χ3v) is 5.68. The third kappa shape index (κ3) is 4.23. The maximum absolute atomic E-state index is 15.6. The Morgan fingerprint density at radius 3 is 2.45 bits per heavy atom. The first kappa shape index (κ1) is 20.8. The lowest BCUT2D eigenvalue weighted by Gasteiger charge is -2.28. The minimum atomic E-state index is -1.01. The fourth-order valence-corrected chi connectivity index (χ4v) is 3.79. The average Bonchev–Trinajstić information content (AvgIpc) is 2.68. The molecule has 1 aliphatic carbocycles. The van der Waals surface area contributed by atoms with E-state index in [1.165, 1.54) is 12.3 Å². The third-order valence-electron chi connectivity index (χ3n) is 5.68. The Bertz CT molecular complexity index is 1200. The Morgan fingerprint density at radius 1 is 1.10 bits per heavy atom. The van der Waals surface area contributed by atoms with Crippen LogP contribution in [-0.4, -0.2) is 15.7 Å². The van der Waals surface area contributed by atoms with Crippen molar-refractivity contribution in [2.45, 2.75) is 38.0 Å². The van der Waals surface area contributed by atoms with Gasteiger partial charge in [0.25, 0.3) is 0 Å². The minimum Gasteiger partial charge on any atom is -0.386 e. The van der Waals surface area contributed by atoms with Gasteiger partial charge in [-0.15, -0.1) is 0 Å². The lowest BCUT2D eigenvalue weighted by atomic mass is 9.77. The van der Waals surface area contributed by atoms with Crippen molar-refractivity contribution in [2.24, 2.45) is 11.5 Å². The van der Waals surface area contributed by atoms with Gasteiger partial charge in [-0.1, -0.05) is 12.5 Å². The molecule has 0 bridgehead atoms. The Morgan fingerprint density at radius 2 is 1.81 bits per heavy atom. The van der Waals surface area contributed by atoms with Gasteiger partial charge < -0.3 is 16.9 Å². The van der Waals surface area contributed by atoms with Crippen molar-refractivity contribution in [1.82, 2.24) is 9.97 Å². The van der Waals surface area contributed by atoms with E-state index >= 15 is 4.39 Å². The SMILES string of the molecule is N=C(CC=C(N)N)c1ccc(C2CCC2)c(Cc2cnc3cc(F)c(F)cc3n2)c1F. The monoisotopic (exact) mass is 425 g/mol. The summed E-state index contributed by atoms with van der Waals surface area (Å²) in [5, 5.41) is 8.23. The number of allylic oxidation sites excluding steroid dienone is 1. The second-order valence-electron chi connectivity index (χ2n) is 7.80. The van der Waals surface area contributed by atoms with Crippen LogP contribution in [0.25, 0.3) is 11.0 Å². The summed E-state index contributed by atoms with van der Waals surface area (Å²) in [6.07, 6.45) is 6.19. The minimum absolute atomic E-state index is 0.0643. The second kappa shape index (κ2) is 8.37. The van der Waals surface area contributed by atoms with Crippen LogP contribution in [-0.2, 0) is 6.42 Å². The Labute approximate surface area is 177 Å². The summed E-state index contributed by atoms with van der Waals surface area (Å²) in [5.74, 6) is -2.15. The molecule has 3 aromatic rings. The summed E-state index contributed by atoms with van der Waals surface area (Å²) in [7, 11) is 0. The van der Waals surface area contributed by atoms with Gasteiger partial charge in [-0.2, -0.15) is 0 Å². The number of nitrogens with zero attached hydrogens (tertiary/aromatic N) is 2. The molecule has 0 amide bonds. The Hall–Kier alpha value is -3.42. The molecule has 1 aliphatic rings. The summed E-state index contributed by atoms with van der Waals surface area (Å²) in [6.45, 7) is 0. The second-order valence-corrected chi connectivity index (χ2v) is 7.80. The van der Waals surface area contributed by atoms with Crippen LogP contribution in [0.3, 0.4) is 0 Å². The number of hydrogen-bond acceptors (Lipinski definition) is 5. The topological polar surface area (TPSA) is 102 Å². The lowest BCUT2D eigenvalue weighted by Crippen LogP contribution is -2.16. The average molecular weight is 425 g/mol. The first-order valence-electron chi connectivity index (χ1n) is 10.0. The van der Waals surface area contributed by atoms with E-state index in [9.17, 15) is 8.78 Å². The summed E-state index contributed by atoms with van der Waals surface area (Å²) in [6, 6.07) is 5.46. The predicted molar refractivity (Wildman–Crippen MR) is 113 cm³/mol. The van der Waals surface area contributed by atoms with Gasteiger partial charge in [-0.3, -0.25) is 4.98 Å². The molecule has 0 unspecified atom stereocenters. The van der Waals surface area contributed by atoms with Gasteiger partial charge >= 0.3 is 0 Å². The first-order chi connectivity index (χ1) is 14.8. The number of nitrogens with one attached hydrogen (secondary N) is 1. The number of benzene rings is 2. The molecule has 2 aromatic carbocycles. The van der Waals surface area contributed by atoms with Crippen LogP contribution in [0.2, 0.25) is 0 Å². The molecular formula is C23H22F3N5. The van der Waals surface area contributed by atoms with Gasteiger partial charge in [0, 0.05) is 42.4 Å². The standard InChI is InChI=1S/C23H22F3N5/c24-17-9-20-21(10-18(17)25)31-13(11-30-20)8-16-14(12-2-1-3-12)4-5-15(23(16)26)19(27)6-7-22(28)29/h4-5,7,9-12,27H,1-3,6,8,28-29H2. The fourth-order valence-electron chi connectivity index (χ4n) is 3.79. The van der Waals surface area contributed by atoms with Gasteiger partial charge in [0.05, 0.1) is 22.5 Å². The molecule has 0 saturated heterocycles. The normalized spacial score (nSPS) is 13.8. The van der Waals surface area contributed by atoms with Crippen LogP contribution in [0.1, 0.15) is 54.0 Å². The molecule has 4 rings (SSSR count). The van der Waals surface area contributed by atoms with Crippen molar-refractivity contribution in [3.05, 3.63) is 82.2 Å². The van der Waals surface area contributed by atoms with Crippen molar-refractivity contribution >= 4 is 16.7 Å². The van der Waals surface area contributed by atoms with Crippen molar-refractivity contribution in [2.75, 3.05) is 0 Å². The van der Waals surface area contributed by atoms with E-state index in [1.807, 2.05) is 6.07 Å². The molecule has 31 heavy (non-hydrogen) atoms. The molecule has 1 fully saturated rings. The molecule has 5 N–H and O–H groups in total. The Kier molecular flexibility index (Phi) is 5.63. The zero-order valence-corrected chi connectivity index (χ0v) is 16.8. The smallest absolute Gasteiger partial charge is 0.161 e. The summed E-state index contributed by atoms with van der Waals surface area (Å²) in [5.41, 5.74) is 13.3. The zero-order valence-electron chi connectivity index (χ0n) is 16.8. The lowest BCUT2D eigenvalue weighted by molar-refractivity contribution is 0.415. The molecule has 8 heteroatoms. The number of fused-ring (bicyclic) bond motifs is 1. The number of rotatable bonds is 6. The van der Waals surface area contributed by atoms with Crippen molar-refractivity contribution in [3.8, 4) is 0 Å². The summed E-state index contributed by atoms with van der Waals surface area (Å²) in [4.78, 5) is 8.51. The maximum Gasteiger partial charge on any atom is 0.161 e. The van der Waals surface area contributed by atoms with Crippen molar-refractivity contribution in [1.29, 1.82) is 5.41 Å². The van der Waals surface area contributed by atoms with Gasteiger partial charge in [0.2, 0.25) is 0 Å². The van der Waals surface area contributed by atoms with Gasteiger partial charge in [0.1, 0.15) is 5.82 Å². The van der Waals surface area contributed by atoms with E-state index in [2.05, 4.69) is 9.97 Å². The van der Waals surface area contributed by atoms with E-state index in [1.54, 1.807) is 6.07 Å². The van der Waals surface area contributed by atoms with Crippen LogP contribution in [0, 0.1) is 22.9 Å². The highest BCUT2D eigenvalue weighted by Crippen LogP contribution is 2.40. The van der Waals surface area contributed by atoms with E-state index in [0.29, 0.717) is 11.3 Å². The van der Waals surface area contributed by atoms with Crippen LogP contribution in [0.5, 0.6) is 0 Å². The molecule has 160 valence electrons. The fraction of sp³-hybridized carbons (Fsp3) is 0.261. The van der Waals surface area contributed by atoms with E-state index < -0.39 is 17.5 Å². The van der Waals surface area contributed by atoms with Crippen molar-refractivity contribution in [3.63, 3.8) is 0 Å². The van der Waals surface area contributed by atoms with Crippen LogP contribution < -0.4 is 11.5 Å². The number of nitrogens with two attached hydrogens (primary N) is 2. The molecule has 1 saturated carbocycles. The molecule has 0 aliphatic heterocycles. The molecule has 0 atom stereocenters. The van der Waals surface area contributed by atoms with E-state index in [4.69, 9.17) is 16.9 Å². The highest BCUT2D eigenvalue weighted by atomic mass is 19.2. The maximum atomic E-state index is 15.6. The van der Waals surface area contributed by atoms with Crippen LogP contribution in [0.4, 0.5) is 13.2 Å². The first-order valence-corrected chi connectivity index (χ1v) is 10.0. The number of hydrogen-bond donors (Lipinski definition) is 3. The highest BCUT2D eigenvalue weighted by molar-refractivity contribution is 5.99. The number of aromatic nitrogens is 2. The molecule has 1 aromatic heterocycles. The molecule has 0 spiro atoms. The molecular weight excluding hydrogens is 403 g/mol. The van der Waals surface area contributed by atoms with Gasteiger partial charge in [-0.25, -0.2) is 18.2 Å². The quantitative estimate of drug-likeness (QED) is 0.509. The van der Waals surface area contributed by atoms with Gasteiger partial charge in [0.15, 0.2) is 11.6 Å². The number of halogens is 3. The van der Waals surface area contributed by atoms with Gasteiger partial charge in [-0.05, 0) is 42.0 Å². The largest absolute Gasteiger partial charge is 0.386 e. The van der Waals surface area contributed by atoms with E-state index in [0.717, 1.165) is 37.0 Å².